The smallest absolute Gasteiger partial charge is 0.321 e. The number of nitrogens with one attached hydrogen (secondary N) is 2. The highest BCUT2D eigenvalue weighted by atomic mass is 32.3. The highest BCUT2D eigenvalue weighted by molar-refractivity contribution is 7.80. The number of nitrogens with two attached hydrogens (primary N) is 1. The molecule has 1 unspecified atom stereocenters. The Morgan fingerprint density at radius 1 is 1.46 bits per heavy atom. The van der Waals surface area contributed by atoms with E-state index in [2.05, 4.69) is 9.76 Å². The molecule has 13 heteroatoms. The first-order valence-corrected chi connectivity index (χ1v) is 10.7. The number of rotatable bonds is 7. The maximum absolute atomic E-state index is 12.6. The van der Waals surface area contributed by atoms with Crippen LogP contribution in [0.1, 0.15) is 37.6 Å². The highest BCUT2D eigenvalue weighted by Gasteiger charge is 2.40. The van der Waals surface area contributed by atoms with Gasteiger partial charge in [0.15, 0.2) is 0 Å². The van der Waals surface area contributed by atoms with E-state index in [9.17, 15) is 18.0 Å². The van der Waals surface area contributed by atoms with Crippen LogP contribution in [-0.4, -0.2) is 49.0 Å². The van der Waals surface area contributed by atoms with Crippen LogP contribution in [-0.2, 0) is 24.3 Å². The SMILES string of the molecule is CC1(C)CCN(C(=O)NOS(=O)(=O)O)[C@H](C(=O)NOCC(N)c2cccs2)C1. The Hall–Kier alpha value is -1.77. The van der Waals surface area contributed by atoms with Crippen molar-refractivity contribution in [3.8, 4) is 0 Å². The summed E-state index contributed by atoms with van der Waals surface area (Å²) < 4.78 is 33.7. The number of thiophene rings is 1. The third-order valence-electron chi connectivity index (χ3n) is 4.29. The van der Waals surface area contributed by atoms with Crippen LogP contribution in [0.4, 0.5) is 4.79 Å². The molecular weight excluding hydrogens is 412 g/mol. The number of urea groups is 1. The first-order chi connectivity index (χ1) is 13.0. The number of piperidine rings is 1. The maximum atomic E-state index is 12.6. The minimum Gasteiger partial charge on any atom is -0.321 e. The zero-order valence-electron chi connectivity index (χ0n) is 15.5. The van der Waals surface area contributed by atoms with Crippen molar-refractivity contribution in [1.82, 2.24) is 15.9 Å². The third kappa shape index (κ3) is 6.68. The van der Waals surface area contributed by atoms with Crippen molar-refractivity contribution in [2.24, 2.45) is 11.1 Å². The molecule has 0 aromatic carbocycles. The predicted octanol–water partition coefficient (Wildman–Crippen LogP) is 0.730. The van der Waals surface area contributed by atoms with E-state index in [0.717, 1.165) is 9.78 Å². The molecule has 2 heterocycles. The van der Waals surface area contributed by atoms with Crippen LogP contribution in [0.3, 0.4) is 0 Å². The first-order valence-electron chi connectivity index (χ1n) is 8.42. The van der Waals surface area contributed by atoms with Crippen molar-refractivity contribution in [2.45, 2.75) is 38.8 Å². The lowest BCUT2D eigenvalue weighted by molar-refractivity contribution is -0.141. The predicted molar refractivity (Wildman–Crippen MR) is 100 cm³/mol. The second-order valence-electron chi connectivity index (χ2n) is 7.15. The summed E-state index contributed by atoms with van der Waals surface area (Å²) in [5.41, 5.74) is 9.64. The van der Waals surface area contributed by atoms with E-state index in [1.807, 2.05) is 31.4 Å². The molecule has 1 aliphatic heterocycles. The molecule has 28 heavy (non-hydrogen) atoms. The Balaban J connectivity index is 1.96. The van der Waals surface area contributed by atoms with E-state index in [1.54, 1.807) is 5.48 Å². The quantitative estimate of drug-likeness (QED) is 0.359. The fourth-order valence-electron chi connectivity index (χ4n) is 2.79. The minimum atomic E-state index is -4.86. The molecule has 1 aromatic rings. The van der Waals surface area contributed by atoms with Crippen LogP contribution in [0, 0.1) is 5.41 Å². The van der Waals surface area contributed by atoms with E-state index >= 15 is 0 Å². The summed E-state index contributed by atoms with van der Waals surface area (Å²) in [6.45, 7) is 4.12. The molecular formula is C15H24N4O7S2. The number of hydroxylamine groups is 2. The van der Waals surface area contributed by atoms with Crippen LogP contribution in [0.15, 0.2) is 17.5 Å². The molecule has 3 amide bonds. The van der Waals surface area contributed by atoms with Crippen LogP contribution in [0.25, 0.3) is 0 Å². The molecule has 1 fully saturated rings. The molecule has 1 aliphatic rings. The zero-order valence-corrected chi connectivity index (χ0v) is 17.1. The molecule has 158 valence electrons. The topological polar surface area (TPSA) is 160 Å². The number of amides is 3. The fourth-order valence-corrected chi connectivity index (χ4v) is 3.68. The number of likely N-dealkylation sites (tertiary alicyclic amines) is 1. The van der Waals surface area contributed by atoms with Gasteiger partial charge >= 0.3 is 16.4 Å². The Bertz CT molecular complexity index is 782. The van der Waals surface area contributed by atoms with Crippen molar-refractivity contribution in [1.29, 1.82) is 0 Å². The fraction of sp³-hybridized carbons (Fsp3) is 0.600. The minimum absolute atomic E-state index is 0.0421. The van der Waals surface area contributed by atoms with E-state index in [4.69, 9.17) is 15.1 Å². The molecule has 0 spiro atoms. The van der Waals surface area contributed by atoms with E-state index in [1.165, 1.54) is 11.3 Å². The normalized spacial score (nSPS) is 20.4. The molecule has 5 N–H and O–H groups in total. The number of carbonyl (C=O) groups excluding carboxylic acids is 2. The van der Waals surface area contributed by atoms with Gasteiger partial charge in [0.25, 0.3) is 5.91 Å². The van der Waals surface area contributed by atoms with Crippen LogP contribution < -0.4 is 16.7 Å². The van der Waals surface area contributed by atoms with E-state index in [-0.39, 0.29) is 18.6 Å². The lowest BCUT2D eigenvalue weighted by Crippen LogP contribution is -2.57. The highest BCUT2D eigenvalue weighted by Crippen LogP contribution is 2.34. The number of hydrogen-bond donors (Lipinski definition) is 4. The monoisotopic (exact) mass is 436 g/mol. The molecule has 2 rings (SSSR count). The second kappa shape index (κ2) is 9.15. The van der Waals surface area contributed by atoms with Crippen LogP contribution >= 0.6 is 11.3 Å². The van der Waals surface area contributed by atoms with Gasteiger partial charge < -0.3 is 10.6 Å². The average molecular weight is 437 g/mol. The van der Waals surface area contributed by atoms with Gasteiger partial charge in [0, 0.05) is 11.4 Å². The zero-order chi connectivity index (χ0) is 20.9. The molecule has 0 aliphatic carbocycles. The van der Waals surface area contributed by atoms with Gasteiger partial charge in [0.05, 0.1) is 12.6 Å². The Morgan fingerprint density at radius 3 is 2.79 bits per heavy atom. The van der Waals surface area contributed by atoms with Crippen molar-refractivity contribution >= 4 is 33.7 Å². The van der Waals surface area contributed by atoms with Gasteiger partial charge in [0.1, 0.15) is 6.04 Å². The van der Waals surface area contributed by atoms with Crippen LogP contribution in [0.2, 0.25) is 0 Å². The Morgan fingerprint density at radius 2 is 2.18 bits per heavy atom. The summed E-state index contributed by atoms with van der Waals surface area (Å²) in [6.07, 6.45) is 0.901. The molecule has 1 saturated heterocycles. The number of nitrogens with zero attached hydrogens (tertiary/aromatic N) is 1. The van der Waals surface area contributed by atoms with E-state index in [0.29, 0.717) is 12.8 Å². The van der Waals surface area contributed by atoms with E-state index < -0.39 is 34.4 Å². The first kappa shape index (κ1) is 22.5. The van der Waals surface area contributed by atoms with Crippen LogP contribution in [0.5, 0.6) is 0 Å². The average Bonchev–Trinajstić information content (AvgIpc) is 3.12. The lowest BCUT2D eigenvalue weighted by atomic mass is 9.78. The molecule has 11 nitrogen and oxygen atoms in total. The Labute approximate surface area is 167 Å². The van der Waals surface area contributed by atoms with Gasteiger partial charge in [0.2, 0.25) is 0 Å². The molecule has 0 radical (unpaired) electrons. The van der Waals surface area contributed by atoms with Gasteiger partial charge in [-0.15, -0.1) is 15.6 Å². The second-order valence-corrected chi connectivity index (χ2v) is 9.15. The third-order valence-corrected chi connectivity index (χ3v) is 5.59. The van der Waals surface area contributed by atoms with Gasteiger partial charge in [-0.05, 0) is 29.7 Å². The maximum Gasteiger partial charge on any atom is 0.418 e. The standard InChI is InChI=1S/C15H24N4O7S2/c1-15(2)5-6-19(14(21)18-26-28(22,23)24)11(8-15)13(20)17-25-9-10(16)12-4-3-7-27-12/h3-4,7,10-11H,5-6,8-9,16H2,1-2H3,(H,17,20)(H,18,21)(H,22,23,24)/t10?,11-/m0/s1. The van der Waals surface area contributed by atoms with Gasteiger partial charge in [-0.1, -0.05) is 19.9 Å². The van der Waals surface area contributed by atoms with Gasteiger partial charge in [-0.2, -0.15) is 13.9 Å². The molecule has 2 atom stereocenters. The van der Waals surface area contributed by atoms with Gasteiger partial charge in [-0.25, -0.2) is 10.3 Å². The number of hydrogen-bond acceptors (Lipinski definition) is 8. The summed E-state index contributed by atoms with van der Waals surface area (Å²) in [5, 5.41) is 1.88. The van der Waals surface area contributed by atoms with Crippen molar-refractivity contribution in [2.75, 3.05) is 13.2 Å². The number of carbonyl (C=O) groups is 2. The summed E-state index contributed by atoms with van der Waals surface area (Å²) in [6, 6.07) is 1.40. The largest absolute Gasteiger partial charge is 0.418 e. The van der Waals surface area contributed by atoms with Gasteiger partial charge in [-0.3, -0.25) is 14.2 Å². The lowest BCUT2D eigenvalue weighted by Gasteiger charge is -2.41. The van der Waals surface area contributed by atoms with Crippen molar-refractivity contribution in [3.05, 3.63) is 22.4 Å². The van der Waals surface area contributed by atoms with Crippen molar-refractivity contribution < 1.29 is 31.7 Å². The molecule has 0 saturated carbocycles. The molecule has 1 aromatic heterocycles. The summed E-state index contributed by atoms with van der Waals surface area (Å²) in [7, 11) is -4.86. The summed E-state index contributed by atoms with van der Waals surface area (Å²) in [5.74, 6) is -0.576. The van der Waals surface area contributed by atoms with Crippen molar-refractivity contribution in [3.63, 3.8) is 0 Å². The Kier molecular flexibility index (Phi) is 7.36. The summed E-state index contributed by atoms with van der Waals surface area (Å²) in [4.78, 5) is 32.0. The molecule has 0 bridgehead atoms. The summed E-state index contributed by atoms with van der Waals surface area (Å²) >= 11 is 1.47.